The molecule has 0 spiro atoms. The fraction of sp³-hybridized carbons (Fsp3) is 0.694. The molecule has 7 nitrogen and oxygen atoms in total. The maximum atomic E-state index is 11.4. The van der Waals surface area contributed by atoms with Crippen molar-refractivity contribution < 1.29 is 10.2 Å². The van der Waals surface area contributed by atoms with Gasteiger partial charge in [-0.1, -0.05) is 187 Å². The highest BCUT2D eigenvalue weighted by Gasteiger charge is 2.29. The van der Waals surface area contributed by atoms with Crippen LogP contribution in [0.2, 0.25) is 0 Å². The molecule has 0 bridgehead atoms. The zero-order valence-electron chi connectivity index (χ0n) is 38.2. The van der Waals surface area contributed by atoms with E-state index in [1.165, 1.54) is 89.9 Å². The molecule has 0 saturated carbocycles. The van der Waals surface area contributed by atoms with Gasteiger partial charge in [0.25, 0.3) is 0 Å². The number of aromatic nitrogens is 3. The summed E-state index contributed by atoms with van der Waals surface area (Å²) in [4.78, 5) is 15.2. The summed E-state index contributed by atoms with van der Waals surface area (Å²) in [5, 5.41) is 30.0. The average molecular weight is 772 g/mol. The molecule has 0 atom stereocenters. The first-order chi connectivity index (χ1) is 26.0. The summed E-state index contributed by atoms with van der Waals surface area (Å²) in [5.41, 5.74) is 4.12. The molecule has 3 rings (SSSR count). The molecule has 0 unspecified atom stereocenters. The van der Waals surface area contributed by atoms with E-state index in [4.69, 9.17) is 15.0 Å². The smallest absolute Gasteiger partial charge is 0.232 e. The number of benzene rings is 2. The lowest BCUT2D eigenvalue weighted by atomic mass is 9.79. The summed E-state index contributed by atoms with van der Waals surface area (Å²) in [5.74, 6) is 2.93. The lowest BCUT2D eigenvalue weighted by molar-refractivity contribution is 0.394. The molecular weight excluding hydrogens is 691 g/mol. The summed E-state index contributed by atoms with van der Waals surface area (Å²) in [6, 6.07) is 8.14. The maximum absolute atomic E-state index is 11.4. The van der Waals surface area contributed by atoms with Crippen molar-refractivity contribution in [2.45, 2.75) is 215 Å². The van der Waals surface area contributed by atoms with Crippen LogP contribution in [0.4, 0.5) is 23.3 Å². The Morgan fingerprint density at radius 1 is 0.464 bits per heavy atom. The van der Waals surface area contributed by atoms with E-state index in [-0.39, 0.29) is 21.7 Å². The molecule has 0 fully saturated rings. The fourth-order valence-electron chi connectivity index (χ4n) is 7.61. The molecule has 0 aliphatic heterocycles. The number of aromatic hydroxyl groups is 2. The van der Waals surface area contributed by atoms with Crippen molar-refractivity contribution in [3.8, 4) is 11.5 Å². The second-order valence-electron chi connectivity index (χ2n) is 20.7. The van der Waals surface area contributed by atoms with Crippen LogP contribution in [0, 0.1) is 5.92 Å². The van der Waals surface area contributed by atoms with Gasteiger partial charge in [-0.05, 0) is 51.8 Å². The third kappa shape index (κ3) is 14.5. The molecule has 56 heavy (non-hydrogen) atoms. The minimum atomic E-state index is -0.270. The van der Waals surface area contributed by atoms with Crippen LogP contribution >= 0.6 is 0 Å². The Morgan fingerprint density at radius 2 is 0.768 bits per heavy atom. The van der Waals surface area contributed by atoms with E-state index in [1.807, 2.05) is 24.3 Å². The van der Waals surface area contributed by atoms with E-state index in [0.29, 0.717) is 29.3 Å². The van der Waals surface area contributed by atoms with Gasteiger partial charge in [0.15, 0.2) is 0 Å². The molecule has 7 heteroatoms. The molecular formula is C49H81N5O2. The summed E-state index contributed by atoms with van der Waals surface area (Å²) >= 11 is 0. The first-order valence-corrected chi connectivity index (χ1v) is 22.1. The number of phenols is 2. The number of rotatable bonds is 20. The van der Waals surface area contributed by atoms with Gasteiger partial charge in [-0.25, -0.2) is 0 Å². The van der Waals surface area contributed by atoms with E-state index in [2.05, 4.69) is 108 Å². The molecule has 3 aromatic rings. The van der Waals surface area contributed by atoms with Gasteiger partial charge in [0.1, 0.15) is 17.3 Å². The highest BCUT2D eigenvalue weighted by molar-refractivity contribution is 5.65. The zero-order chi connectivity index (χ0) is 41.9. The second kappa shape index (κ2) is 20.4. The number of anilines is 4. The number of nitrogens with zero attached hydrogens (tertiary/aromatic N) is 3. The predicted molar refractivity (Wildman–Crippen MR) is 241 cm³/mol. The van der Waals surface area contributed by atoms with Crippen LogP contribution in [-0.2, 0) is 28.1 Å². The highest BCUT2D eigenvalue weighted by Crippen LogP contribution is 2.43. The van der Waals surface area contributed by atoms with Gasteiger partial charge in [-0.15, -0.1) is 0 Å². The Morgan fingerprint density at radius 3 is 1.07 bits per heavy atom. The van der Waals surface area contributed by atoms with Gasteiger partial charge in [0, 0.05) is 40.0 Å². The summed E-state index contributed by atoms with van der Waals surface area (Å²) < 4.78 is 0. The SMILES string of the molecule is CCCCCCCCC(CCCCCCCC)Cc1nc(Nc2cc(C(C)(C)C)c(O)c(C(C)(C)C)c2)nc(Nc2cc(C(C)(C)C)c(O)c(C(C)(C)C)c2)n1. The largest absolute Gasteiger partial charge is 0.507 e. The Hall–Kier alpha value is -3.35. The predicted octanol–water partition coefficient (Wildman–Crippen LogP) is 14.6. The van der Waals surface area contributed by atoms with Crippen molar-refractivity contribution in [1.29, 1.82) is 0 Å². The summed E-state index contributed by atoms with van der Waals surface area (Å²) in [6.07, 6.45) is 18.7. The van der Waals surface area contributed by atoms with Crippen LogP contribution < -0.4 is 10.6 Å². The molecule has 0 amide bonds. The topological polar surface area (TPSA) is 103 Å². The van der Waals surface area contributed by atoms with Crippen LogP contribution in [0.3, 0.4) is 0 Å². The third-order valence-electron chi connectivity index (χ3n) is 11.0. The van der Waals surface area contributed by atoms with Gasteiger partial charge in [0.2, 0.25) is 11.9 Å². The first-order valence-electron chi connectivity index (χ1n) is 22.1. The Kier molecular flexibility index (Phi) is 17.1. The molecule has 0 saturated heterocycles. The molecule has 0 aliphatic rings. The van der Waals surface area contributed by atoms with Gasteiger partial charge in [-0.3, -0.25) is 0 Å². The van der Waals surface area contributed by atoms with Crippen molar-refractivity contribution in [3.63, 3.8) is 0 Å². The van der Waals surface area contributed by atoms with Crippen molar-refractivity contribution >= 4 is 23.3 Å². The number of hydrogen-bond acceptors (Lipinski definition) is 7. The van der Waals surface area contributed by atoms with Crippen LogP contribution in [0.5, 0.6) is 11.5 Å². The minimum Gasteiger partial charge on any atom is -0.507 e. The zero-order valence-corrected chi connectivity index (χ0v) is 38.2. The van der Waals surface area contributed by atoms with Crippen molar-refractivity contribution in [1.82, 2.24) is 15.0 Å². The van der Waals surface area contributed by atoms with Crippen molar-refractivity contribution in [2.75, 3.05) is 10.6 Å². The standard InChI is InChI=1S/C49H81N5O2/c1-15-17-19-21-23-25-27-34(28-26-24-22-20-18-16-2)29-41-52-44(50-35-30-37(46(3,4)5)42(55)38(31-35)47(6,7)8)54-45(53-41)51-36-32-39(48(9,10)11)43(56)40(33-36)49(12,13)14/h30-34,55-56H,15-29H2,1-14H3,(H2,50,51,52,53,54). The van der Waals surface area contributed by atoms with E-state index < -0.39 is 0 Å². The summed E-state index contributed by atoms with van der Waals surface area (Å²) in [7, 11) is 0. The molecule has 2 aromatic carbocycles. The monoisotopic (exact) mass is 772 g/mol. The maximum Gasteiger partial charge on any atom is 0.232 e. The molecule has 4 N–H and O–H groups in total. The highest BCUT2D eigenvalue weighted by atomic mass is 16.3. The quantitative estimate of drug-likeness (QED) is 0.0670. The molecule has 1 heterocycles. The fourth-order valence-corrected chi connectivity index (χ4v) is 7.61. The van der Waals surface area contributed by atoms with Crippen molar-refractivity contribution in [2.24, 2.45) is 5.92 Å². The van der Waals surface area contributed by atoms with Crippen LogP contribution in [-0.4, -0.2) is 25.2 Å². The summed E-state index contributed by atoms with van der Waals surface area (Å²) in [6.45, 7) is 30.1. The molecule has 0 radical (unpaired) electrons. The van der Waals surface area contributed by atoms with Gasteiger partial charge in [-0.2, -0.15) is 15.0 Å². The number of phenolic OH excluding ortho intramolecular Hbond substituents is 2. The lowest BCUT2D eigenvalue weighted by Gasteiger charge is -2.28. The normalized spacial score (nSPS) is 12.8. The van der Waals surface area contributed by atoms with Crippen molar-refractivity contribution in [3.05, 3.63) is 52.3 Å². The van der Waals surface area contributed by atoms with Gasteiger partial charge >= 0.3 is 0 Å². The first kappa shape index (κ1) is 47.0. The van der Waals surface area contributed by atoms with Crippen LogP contribution in [0.1, 0.15) is 215 Å². The van der Waals surface area contributed by atoms with Crippen LogP contribution in [0.25, 0.3) is 0 Å². The Balaban J connectivity index is 2.11. The van der Waals surface area contributed by atoms with E-state index in [9.17, 15) is 10.2 Å². The van der Waals surface area contributed by atoms with E-state index >= 15 is 0 Å². The number of nitrogens with one attached hydrogen (secondary N) is 2. The molecule has 314 valence electrons. The minimum absolute atomic E-state index is 0.270. The van der Waals surface area contributed by atoms with Gasteiger partial charge in [0.05, 0.1) is 0 Å². The molecule has 1 aromatic heterocycles. The van der Waals surface area contributed by atoms with E-state index in [1.54, 1.807) is 0 Å². The molecule has 0 aliphatic carbocycles. The Labute approximate surface area is 342 Å². The van der Waals surface area contributed by atoms with E-state index in [0.717, 1.165) is 45.9 Å². The average Bonchev–Trinajstić information content (AvgIpc) is 3.07. The third-order valence-corrected chi connectivity index (χ3v) is 11.0. The lowest BCUT2D eigenvalue weighted by Crippen LogP contribution is -2.18. The second-order valence-corrected chi connectivity index (χ2v) is 20.7. The number of unbranched alkanes of at least 4 members (excludes halogenated alkanes) is 10. The van der Waals surface area contributed by atoms with Gasteiger partial charge < -0.3 is 20.8 Å². The Bertz CT molecular complexity index is 1480. The number of hydrogen-bond donors (Lipinski definition) is 4. The van der Waals surface area contributed by atoms with Crippen LogP contribution in [0.15, 0.2) is 24.3 Å².